The number of halogens is 2. The third kappa shape index (κ3) is 3.86. The van der Waals surface area contributed by atoms with Crippen LogP contribution < -0.4 is 0 Å². The molecule has 1 saturated carbocycles. The van der Waals surface area contributed by atoms with E-state index in [-0.39, 0.29) is 5.78 Å². The van der Waals surface area contributed by atoms with Crippen molar-refractivity contribution in [3.8, 4) is 0 Å². The highest BCUT2D eigenvalue weighted by atomic mass is 35.5. The van der Waals surface area contributed by atoms with Gasteiger partial charge in [0.15, 0.2) is 5.78 Å². The van der Waals surface area contributed by atoms with Crippen molar-refractivity contribution in [3.63, 3.8) is 0 Å². The molecule has 0 atom stereocenters. The maximum Gasteiger partial charge on any atom is 0.178 e. The molecule has 2 aromatic rings. The highest BCUT2D eigenvalue weighted by molar-refractivity contribution is 7.09. The van der Waals surface area contributed by atoms with Gasteiger partial charge in [-0.2, -0.15) is 0 Å². The molecule has 21 heavy (non-hydrogen) atoms. The van der Waals surface area contributed by atoms with Crippen molar-refractivity contribution in [2.75, 3.05) is 6.54 Å². The summed E-state index contributed by atoms with van der Waals surface area (Å²) < 4.78 is 0. The first kappa shape index (κ1) is 15.0. The van der Waals surface area contributed by atoms with Gasteiger partial charge in [0.1, 0.15) is 0 Å². The standard InChI is InChI=1S/C16H15Cl2NOS/c17-11-3-6-14(15(18)8-11)16(20)10-19(12-4-5-12)9-13-2-1-7-21-13/h1-3,6-8,12H,4-5,9-10H2. The van der Waals surface area contributed by atoms with Crippen LogP contribution in [0.5, 0.6) is 0 Å². The number of benzene rings is 1. The number of nitrogens with zero attached hydrogens (tertiary/aromatic N) is 1. The van der Waals surface area contributed by atoms with Crippen molar-refractivity contribution in [1.29, 1.82) is 0 Å². The Morgan fingerprint density at radius 2 is 2.10 bits per heavy atom. The molecular formula is C16H15Cl2NOS. The fourth-order valence-electron chi connectivity index (χ4n) is 2.34. The summed E-state index contributed by atoms with van der Waals surface area (Å²) in [6, 6.07) is 9.73. The molecule has 0 amide bonds. The summed E-state index contributed by atoms with van der Waals surface area (Å²) in [5, 5.41) is 3.05. The quantitative estimate of drug-likeness (QED) is 0.697. The number of carbonyl (C=O) groups excluding carboxylic acids is 1. The van der Waals surface area contributed by atoms with E-state index in [1.165, 1.54) is 17.7 Å². The lowest BCUT2D eigenvalue weighted by molar-refractivity contribution is 0.0920. The fraction of sp³-hybridized carbons (Fsp3) is 0.312. The number of thiophene rings is 1. The topological polar surface area (TPSA) is 20.3 Å². The molecule has 5 heteroatoms. The number of Topliss-reactive ketones (excluding diaryl/α,β-unsaturated/α-hetero) is 1. The molecule has 0 radical (unpaired) electrons. The lowest BCUT2D eigenvalue weighted by atomic mass is 10.1. The summed E-state index contributed by atoms with van der Waals surface area (Å²) >= 11 is 13.7. The van der Waals surface area contributed by atoms with Gasteiger partial charge < -0.3 is 0 Å². The second-order valence-corrected chi connectivity index (χ2v) is 7.14. The molecule has 0 N–H and O–H groups in total. The number of hydrogen-bond donors (Lipinski definition) is 0. The molecule has 1 aromatic heterocycles. The van der Waals surface area contributed by atoms with Gasteiger partial charge in [0, 0.05) is 28.0 Å². The minimum atomic E-state index is 0.0557. The zero-order valence-corrected chi connectivity index (χ0v) is 13.7. The van der Waals surface area contributed by atoms with E-state index in [9.17, 15) is 4.79 Å². The van der Waals surface area contributed by atoms with Crippen LogP contribution in [-0.4, -0.2) is 23.3 Å². The number of rotatable bonds is 6. The van der Waals surface area contributed by atoms with Gasteiger partial charge in [-0.1, -0.05) is 29.3 Å². The molecule has 0 saturated heterocycles. The van der Waals surface area contributed by atoms with Gasteiger partial charge in [-0.15, -0.1) is 11.3 Å². The van der Waals surface area contributed by atoms with E-state index in [0.29, 0.717) is 28.2 Å². The van der Waals surface area contributed by atoms with Crippen LogP contribution in [0.15, 0.2) is 35.7 Å². The van der Waals surface area contributed by atoms with Crippen molar-refractivity contribution in [2.24, 2.45) is 0 Å². The van der Waals surface area contributed by atoms with Crippen LogP contribution in [0.25, 0.3) is 0 Å². The molecular weight excluding hydrogens is 325 g/mol. The van der Waals surface area contributed by atoms with Gasteiger partial charge in [-0.3, -0.25) is 9.69 Å². The molecule has 0 spiro atoms. The van der Waals surface area contributed by atoms with Crippen LogP contribution in [0.4, 0.5) is 0 Å². The Hall–Kier alpha value is -0.870. The predicted octanol–water partition coefficient (Wildman–Crippen LogP) is 4.90. The minimum absolute atomic E-state index is 0.0557. The zero-order chi connectivity index (χ0) is 14.8. The summed E-state index contributed by atoms with van der Waals surface area (Å²) in [5.41, 5.74) is 0.554. The summed E-state index contributed by atoms with van der Waals surface area (Å²) in [4.78, 5) is 16.0. The van der Waals surface area contributed by atoms with Crippen LogP contribution in [0.1, 0.15) is 28.1 Å². The highest BCUT2D eigenvalue weighted by Crippen LogP contribution is 2.30. The first-order valence-corrected chi connectivity index (χ1v) is 8.52. The van der Waals surface area contributed by atoms with E-state index < -0.39 is 0 Å². The van der Waals surface area contributed by atoms with Crippen molar-refractivity contribution in [3.05, 3.63) is 56.2 Å². The third-order valence-electron chi connectivity index (χ3n) is 3.58. The van der Waals surface area contributed by atoms with Crippen LogP contribution >= 0.6 is 34.5 Å². The van der Waals surface area contributed by atoms with Crippen LogP contribution in [0.3, 0.4) is 0 Å². The van der Waals surface area contributed by atoms with Crippen LogP contribution in [-0.2, 0) is 6.54 Å². The number of ketones is 1. The van der Waals surface area contributed by atoms with Crippen LogP contribution in [0.2, 0.25) is 10.0 Å². The molecule has 2 nitrogen and oxygen atoms in total. The van der Waals surface area contributed by atoms with Crippen LogP contribution in [0, 0.1) is 0 Å². The maximum atomic E-state index is 12.5. The highest BCUT2D eigenvalue weighted by Gasteiger charge is 2.31. The van der Waals surface area contributed by atoms with Gasteiger partial charge in [0.2, 0.25) is 0 Å². The minimum Gasteiger partial charge on any atom is -0.293 e. The molecule has 1 aliphatic rings. The molecule has 3 rings (SSSR count). The van der Waals surface area contributed by atoms with E-state index >= 15 is 0 Å². The third-order valence-corrected chi connectivity index (χ3v) is 4.99. The Bertz CT molecular complexity index is 638. The summed E-state index contributed by atoms with van der Waals surface area (Å²) in [5.74, 6) is 0.0557. The Labute approximate surface area is 138 Å². The van der Waals surface area contributed by atoms with Gasteiger partial charge in [-0.25, -0.2) is 0 Å². The maximum absolute atomic E-state index is 12.5. The lowest BCUT2D eigenvalue weighted by Crippen LogP contribution is -2.31. The van der Waals surface area contributed by atoms with Crippen molar-refractivity contribution >= 4 is 40.3 Å². The molecule has 1 fully saturated rings. The Balaban J connectivity index is 1.71. The summed E-state index contributed by atoms with van der Waals surface area (Å²) in [6.45, 7) is 1.24. The lowest BCUT2D eigenvalue weighted by Gasteiger charge is -2.20. The monoisotopic (exact) mass is 339 g/mol. The first-order valence-electron chi connectivity index (χ1n) is 6.88. The smallest absolute Gasteiger partial charge is 0.178 e. The zero-order valence-electron chi connectivity index (χ0n) is 11.4. The molecule has 1 heterocycles. The molecule has 0 bridgehead atoms. The second kappa shape index (κ2) is 6.49. The first-order chi connectivity index (χ1) is 10.1. The van der Waals surface area contributed by atoms with E-state index in [0.717, 1.165) is 6.54 Å². The van der Waals surface area contributed by atoms with Gasteiger partial charge >= 0.3 is 0 Å². The predicted molar refractivity (Wildman–Crippen MR) is 88.5 cm³/mol. The van der Waals surface area contributed by atoms with Crippen molar-refractivity contribution < 1.29 is 4.79 Å². The average molecular weight is 340 g/mol. The summed E-state index contributed by atoms with van der Waals surface area (Å²) in [6.07, 6.45) is 2.35. The van der Waals surface area contributed by atoms with E-state index in [2.05, 4.69) is 16.3 Å². The van der Waals surface area contributed by atoms with E-state index in [1.54, 1.807) is 29.5 Å². The van der Waals surface area contributed by atoms with Crippen molar-refractivity contribution in [1.82, 2.24) is 4.90 Å². The average Bonchev–Trinajstić information content (AvgIpc) is 3.16. The van der Waals surface area contributed by atoms with E-state index in [1.807, 2.05) is 6.07 Å². The number of hydrogen-bond acceptors (Lipinski definition) is 3. The Morgan fingerprint density at radius 3 is 2.71 bits per heavy atom. The number of carbonyl (C=O) groups is 1. The van der Waals surface area contributed by atoms with Gasteiger partial charge in [-0.05, 0) is 42.5 Å². The largest absolute Gasteiger partial charge is 0.293 e. The molecule has 110 valence electrons. The SMILES string of the molecule is O=C(CN(Cc1cccs1)C1CC1)c1ccc(Cl)cc1Cl. The molecule has 1 aromatic carbocycles. The molecule has 0 unspecified atom stereocenters. The molecule has 0 aliphatic heterocycles. The van der Waals surface area contributed by atoms with Gasteiger partial charge in [0.05, 0.1) is 11.6 Å². The van der Waals surface area contributed by atoms with E-state index in [4.69, 9.17) is 23.2 Å². The normalized spacial score (nSPS) is 14.6. The Kier molecular flexibility index (Phi) is 4.65. The summed E-state index contributed by atoms with van der Waals surface area (Å²) in [7, 11) is 0. The Morgan fingerprint density at radius 1 is 1.29 bits per heavy atom. The van der Waals surface area contributed by atoms with Crippen molar-refractivity contribution in [2.45, 2.75) is 25.4 Å². The van der Waals surface area contributed by atoms with Gasteiger partial charge in [0.25, 0.3) is 0 Å². The second-order valence-electron chi connectivity index (χ2n) is 5.26. The fourth-order valence-corrected chi connectivity index (χ4v) is 3.59. The molecule has 1 aliphatic carbocycles.